The van der Waals surface area contributed by atoms with Crippen molar-refractivity contribution < 1.29 is 39.0 Å². The van der Waals surface area contributed by atoms with Gasteiger partial charge in [0, 0.05) is 19.4 Å². The maximum absolute atomic E-state index is 13.9. The minimum absolute atomic E-state index is 0.0290. The van der Waals surface area contributed by atoms with E-state index in [0.717, 1.165) is 5.56 Å². The van der Waals surface area contributed by atoms with E-state index in [1.807, 2.05) is 0 Å². The Hall–Kier alpha value is -4.82. The molecule has 6 amide bonds. The van der Waals surface area contributed by atoms with Gasteiger partial charge in [0.15, 0.2) is 0 Å². The molecule has 1 aliphatic heterocycles. The summed E-state index contributed by atoms with van der Waals surface area (Å²) >= 11 is 0. The van der Waals surface area contributed by atoms with Crippen LogP contribution < -0.4 is 31.9 Å². The van der Waals surface area contributed by atoms with Crippen molar-refractivity contribution in [3.05, 3.63) is 71.8 Å². The Morgan fingerprint density at radius 2 is 1.15 bits per heavy atom. The normalized spacial score (nSPS) is 24.6. The summed E-state index contributed by atoms with van der Waals surface area (Å²) in [5.74, 6) is -5.13. The van der Waals surface area contributed by atoms with Crippen LogP contribution in [0.5, 0.6) is 0 Å². The fourth-order valence-corrected chi connectivity index (χ4v) is 4.88. The number of benzene rings is 2. The largest absolute Gasteiger partial charge is 0.396 e. The summed E-state index contributed by atoms with van der Waals surface area (Å²) in [5, 5.41) is 34.6. The van der Waals surface area contributed by atoms with Crippen molar-refractivity contribution in [1.82, 2.24) is 31.9 Å². The van der Waals surface area contributed by atoms with Gasteiger partial charge in [0.05, 0.1) is 13.2 Å². The molecule has 0 spiro atoms. The highest BCUT2D eigenvalue weighted by Crippen LogP contribution is 2.12. The van der Waals surface area contributed by atoms with Crippen molar-refractivity contribution >= 4 is 35.4 Å². The number of carbonyl (C=O) groups excluding carboxylic acids is 6. The number of hydrogen-bond donors (Lipinski definition) is 8. The minimum Gasteiger partial charge on any atom is -0.396 e. The molecule has 0 radical (unpaired) electrons. The van der Waals surface area contributed by atoms with Gasteiger partial charge < -0.3 is 42.1 Å². The van der Waals surface area contributed by atoms with Gasteiger partial charge in [-0.3, -0.25) is 28.8 Å². The summed E-state index contributed by atoms with van der Waals surface area (Å²) in [6.07, 6.45) is 0.199. The second kappa shape index (κ2) is 17.6. The minimum atomic E-state index is -1.47. The average molecular weight is 639 g/mol. The zero-order valence-corrected chi connectivity index (χ0v) is 25.8. The van der Waals surface area contributed by atoms with E-state index in [-0.39, 0.29) is 25.9 Å². The van der Waals surface area contributed by atoms with Crippen LogP contribution in [0, 0.1) is 5.92 Å². The first-order valence-electron chi connectivity index (χ1n) is 15.1. The Kier molecular flexibility index (Phi) is 13.7. The molecule has 14 nitrogen and oxygen atoms in total. The summed E-state index contributed by atoms with van der Waals surface area (Å²) in [6.45, 7) is 1.33. The van der Waals surface area contributed by atoms with Crippen molar-refractivity contribution in [3.63, 3.8) is 0 Å². The SMILES string of the molecule is C[C@H](CCO)[C@H]1NC(=O)[C@@H](CO)NC(=O)CNC(=O)[C@@H](C)NC(=O)[C@@H](Cc2ccccc2)NC(=O)[C@@H](Cc2ccccc2)NC1=O. The third kappa shape index (κ3) is 10.7. The number of nitrogens with one attached hydrogen (secondary N) is 6. The molecule has 2 aromatic rings. The van der Waals surface area contributed by atoms with E-state index in [9.17, 15) is 39.0 Å². The van der Waals surface area contributed by atoms with Gasteiger partial charge in [0.25, 0.3) is 0 Å². The molecule has 14 heteroatoms. The quantitative estimate of drug-likeness (QED) is 0.162. The highest BCUT2D eigenvalue weighted by Gasteiger charge is 2.34. The van der Waals surface area contributed by atoms with E-state index in [1.165, 1.54) is 6.92 Å². The smallest absolute Gasteiger partial charge is 0.245 e. The fourth-order valence-electron chi connectivity index (χ4n) is 4.88. The lowest BCUT2D eigenvalue weighted by Gasteiger charge is -2.29. The first-order valence-corrected chi connectivity index (χ1v) is 15.1. The molecule has 1 saturated heterocycles. The standard InChI is InChI=1S/C32H42N6O8/c1-19(13-14-39)27-32(46)37-24(16-22-11-7-4-8-12-22)30(44)36-23(15-21-9-5-3-6-10-21)29(43)34-20(2)28(42)33-17-26(41)35-25(18-40)31(45)38-27/h3-12,19-20,23-25,27,39-40H,13-18H2,1-2H3,(H,33,42)(H,34,43)(H,35,41)(H,36,44)(H,37,46)(H,38,45)/t19-,20-,23-,24-,25-,27-/m1/s1. The number of hydrogen-bond acceptors (Lipinski definition) is 8. The summed E-state index contributed by atoms with van der Waals surface area (Å²) in [5.41, 5.74) is 1.42. The van der Waals surface area contributed by atoms with Crippen LogP contribution in [0.15, 0.2) is 60.7 Å². The topological polar surface area (TPSA) is 215 Å². The molecule has 8 N–H and O–H groups in total. The highest BCUT2D eigenvalue weighted by molar-refractivity contribution is 5.97. The fraction of sp³-hybridized carbons (Fsp3) is 0.438. The molecule has 0 aliphatic carbocycles. The maximum atomic E-state index is 13.9. The molecule has 1 fully saturated rings. The lowest BCUT2D eigenvalue weighted by Crippen LogP contribution is -2.61. The van der Waals surface area contributed by atoms with Gasteiger partial charge in [-0.2, -0.15) is 0 Å². The monoisotopic (exact) mass is 638 g/mol. The van der Waals surface area contributed by atoms with Crippen molar-refractivity contribution in [2.45, 2.75) is 63.3 Å². The van der Waals surface area contributed by atoms with Gasteiger partial charge in [-0.25, -0.2) is 0 Å². The van der Waals surface area contributed by atoms with Crippen molar-refractivity contribution in [2.75, 3.05) is 19.8 Å². The van der Waals surface area contributed by atoms with Crippen LogP contribution >= 0.6 is 0 Å². The molecule has 0 unspecified atom stereocenters. The van der Waals surface area contributed by atoms with Gasteiger partial charge >= 0.3 is 0 Å². The molecule has 0 saturated carbocycles. The third-order valence-corrected chi connectivity index (χ3v) is 7.57. The van der Waals surface area contributed by atoms with Gasteiger partial charge in [-0.1, -0.05) is 67.6 Å². The number of amides is 6. The van der Waals surface area contributed by atoms with E-state index >= 15 is 0 Å². The van der Waals surface area contributed by atoms with E-state index in [1.54, 1.807) is 67.6 Å². The number of aliphatic hydroxyl groups is 2. The number of rotatable bonds is 8. The first-order chi connectivity index (χ1) is 22.0. The molecule has 6 atom stereocenters. The molecule has 1 aliphatic rings. The van der Waals surface area contributed by atoms with Gasteiger partial charge in [0.2, 0.25) is 35.4 Å². The van der Waals surface area contributed by atoms with Gasteiger partial charge in [0.1, 0.15) is 30.2 Å². The summed E-state index contributed by atoms with van der Waals surface area (Å²) in [6, 6.07) is 11.5. The van der Waals surface area contributed by atoms with E-state index in [0.29, 0.717) is 5.56 Å². The molecule has 1 heterocycles. The molecule has 0 bridgehead atoms. The van der Waals surface area contributed by atoms with E-state index in [2.05, 4.69) is 31.9 Å². The molecule has 2 aromatic carbocycles. The maximum Gasteiger partial charge on any atom is 0.245 e. The lowest BCUT2D eigenvalue weighted by molar-refractivity contribution is -0.136. The van der Waals surface area contributed by atoms with E-state index in [4.69, 9.17) is 0 Å². The first kappa shape index (κ1) is 35.7. The number of aliphatic hydroxyl groups excluding tert-OH is 2. The van der Waals surface area contributed by atoms with Crippen LogP contribution in [0.4, 0.5) is 0 Å². The van der Waals surface area contributed by atoms with Crippen molar-refractivity contribution in [3.8, 4) is 0 Å². The van der Waals surface area contributed by atoms with Crippen LogP contribution in [0.1, 0.15) is 31.4 Å². The molecule has 248 valence electrons. The summed E-state index contributed by atoms with van der Waals surface area (Å²) in [4.78, 5) is 79.4. The second-order valence-corrected chi connectivity index (χ2v) is 11.2. The van der Waals surface area contributed by atoms with Crippen molar-refractivity contribution in [2.24, 2.45) is 5.92 Å². The predicted octanol–water partition coefficient (Wildman–Crippen LogP) is -1.94. The zero-order chi connectivity index (χ0) is 33.6. The Labute approximate surface area is 267 Å². The average Bonchev–Trinajstić information content (AvgIpc) is 3.04. The second-order valence-electron chi connectivity index (χ2n) is 11.2. The Bertz CT molecular complexity index is 1360. The molecule has 46 heavy (non-hydrogen) atoms. The summed E-state index contributed by atoms with van der Waals surface area (Å²) in [7, 11) is 0. The third-order valence-electron chi connectivity index (χ3n) is 7.57. The Morgan fingerprint density at radius 3 is 1.67 bits per heavy atom. The van der Waals surface area contributed by atoms with Crippen LogP contribution in [-0.2, 0) is 41.6 Å². The van der Waals surface area contributed by atoms with Gasteiger partial charge in [-0.15, -0.1) is 0 Å². The lowest BCUT2D eigenvalue weighted by atomic mass is 9.96. The zero-order valence-electron chi connectivity index (χ0n) is 25.8. The van der Waals surface area contributed by atoms with Crippen molar-refractivity contribution in [1.29, 1.82) is 0 Å². The Morgan fingerprint density at radius 1 is 0.652 bits per heavy atom. The van der Waals surface area contributed by atoms with Crippen LogP contribution in [-0.4, -0.2) is 95.6 Å². The van der Waals surface area contributed by atoms with Crippen LogP contribution in [0.3, 0.4) is 0 Å². The summed E-state index contributed by atoms with van der Waals surface area (Å²) < 4.78 is 0. The molecule has 3 rings (SSSR count). The number of carbonyl (C=O) groups is 6. The Balaban J connectivity index is 2.02. The van der Waals surface area contributed by atoms with E-state index < -0.39 is 84.7 Å². The van der Waals surface area contributed by atoms with Crippen LogP contribution in [0.2, 0.25) is 0 Å². The molecular weight excluding hydrogens is 596 g/mol. The molecule has 0 aromatic heterocycles. The predicted molar refractivity (Wildman–Crippen MR) is 167 cm³/mol. The van der Waals surface area contributed by atoms with Gasteiger partial charge in [-0.05, 0) is 30.4 Å². The molecular formula is C32H42N6O8. The van der Waals surface area contributed by atoms with Crippen LogP contribution in [0.25, 0.3) is 0 Å². The highest BCUT2D eigenvalue weighted by atomic mass is 16.3.